The van der Waals surface area contributed by atoms with Gasteiger partial charge in [0.05, 0.1) is 6.04 Å². The molecule has 1 aromatic heterocycles. The smallest absolute Gasteiger partial charge is 0.150 e. The van der Waals surface area contributed by atoms with Crippen molar-refractivity contribution in [2.24, 2.45) is 11.8 Å². The molecule has 3 rings (SSSR count). The maximum atomic E-state index is 4.50. The van der Waals surface area contributed by atoms with Crippen molar-refractivity contribution in [2.45, 2.75) is 65.0 Å². The molecule has 1 fully saturated rings. The van der Waals surface area contributed by atoms with Crippen LogP contribution in [-0.2, 0) is 13.0 Å². The van der Waals surface area contributed by atoms with Gasteiger partial charge in [0, 0.05) is 19.5 Å². The Morgan fingerprint density at radius 3 is 2.74 bits per heavy atom. The highest BCUT2D eigenvalue weighted by Crippen LogP contribution is 2.28. The lowest BCUT2D eigenvalue weighted by molar-refractivity contribution is 0.321. The SMILES string of the molecule is CC(C)C1NCCn2c(CC3CCCCC3)nnc21. The van der Waals surface area contributed by atoms with Crippen LogP contribution >= 0.6 is 0 Å². The summed E-state index contributed by atoms with van der Waals surface area (Å²) in [6, 6.07) is 0.376. The molecule has 19 heavy (non-hydrogen) atoms. The van der Waals surface area contributed by atoms with Gasteiger partial charge in [-0.3, -0.25) is 0 Å². The van der Waals surface area contributed by atoms with E-state index in [9.17, 15) is 0 Å². The zero-order valence-electron chi connectivity index (χ0n) is 12.2. The summed E-state index contributed by atoms with van der Waals surface area (Å²) in [4.78, 5) is 0. The third kappa shape index (κ3) is 2.69. The van der Waals surface area contributed by atoms with Gasteiger partial charge in [-0.2, -0.15) is 0 Å². The van der Waals surface area contributed by atoms with Gasteiger partial charge in [-0.1, -0.05) is 46.0 Å². The first-order chi connectivity index (χ1) is 9.25. The first-order valence-corrected chi connectivity index (χ1v) is 7.91. The molecule has 2 heterocycles. The van der Waals surface area contributed by atoms with E-state index in [1.807, 2.05) is 0 Å². The van der Waals surface area contributed by atoms with Crippen LogP contribution in [0.15, 0.2) is 0 Å². The van der Waals surface area contributed by atoms with E-state index in [4.69, 9.17) is 0 Å². The minimum Gasteiger partial charge on any atom is -0.312 e. The first kappa shape index (κ1) is 13.1. The Hall–Kier alpha value is -0.900. The number of hydrogen-bond acceptors (Lipinski definition) is 3. The van der Waals surface area contributed by atoms with Gasteiger partial charge in [0.15, 0.2) is 5.82 Å². The maximum Gasteiger partial charge on any atom is 0.150 e. The second kappa shape index (κ2) is 5.61. The van der Waals surface area contributed by atoms with Gasteiger partial charge in [-0.25, -0.2) is 0 Å². The van der Waals surface area contributed by atoms with Crippen molar-refractivity contribution in [1.29, 1.82) is 0 Å². The monoisotopic (exact) mass is 262 g/mol. The fourth-order valence-electron chi connectivity index (χ4n) is 3.58. The zero-order chi connectivity index (χ0) is 13.2. The van der Waals surface area contributed by atoms with Gasteiger partial charge >= 0.3 is 0 Å². The molecule has 1 aromatic rings. The molecule has 0 spiro atoms. The standard InChI is InChI=1S/C15H26N4/c1-11(2)14-15-18-17-13(19(15)9-8-16-14)10-12-6-4-3-5-7-12/h11-12,14,16H,3-10H2,1-2H3. The second-order valence-corrected chi connectivity index (χ2v) is 6.51. The van der Waals surface area contributed by atoms with Gasteiger partial charge in [0.1, 0.15) is 5.82 Å². The van der Waals surface area contributed by atoms with Gasteiger partial charge in [0.25, 0.3) is 0 Å². The Kier molecular flexibility index (Phi) is 3.87. The predicted molar refractivity (Wildman–Crippen MR) is 75.9 cm³/mol. The highest BCUT2D eigenvalue weighted by Gasteiger charge is 2.28. The molecule has 1 saturated carbocycles. The molecular formula is C15H26N4. The van der Waals surface area contributed by atoms with Gasteiger partial charge in [-0.15, -0.1) is 10.2 Å². The van der Waals surface area contributed by atoms with E-state index in [0.717, 1.165) is 31.3 Å². The Morgan fingerprint density at radius 1 is 1.21 bits per heavy atom. The summed E-state index contributed by atoms with van der Waals surface area (Å²) >= 11 is 0. The third-order valence-electron chi connectivity index (χ3n) is 4.70. The molecule has 1 N–H and O–H groups in total. The molecule has 4 heteroatoms. The summed E-state index contributed by atoms with van der Waals surface area (Å²) in [6.45, 7) is 6.59. The third-order valence-corrected chi connectivity index (χ3v) is 4.70. The maximum absolute atomic E-state index is 4.50. The Bertz CT molecular complexity index is 418. The molecule has 0 bridgehead atoms. The number of aromatic nitrogens is 3. The van der Waals surface area contributed by atoms with Crippen molar-refractivity contribution in [3.8, 4) is 0 Å². The molecule has 0 radical (unpaired) electrons. The summed E-state index contributed by atoms with van der Waals surface area (Å²) in [5, 5.41) is 12.5. The molecule has 1 unspecified atom stereocenters. The Morgan fingerprint density at radius 2 is 2.00 bits per heavy atom. The number of fused-ring (bicyclic) bond motifs is 1. The largest absolute Gasteiger partial charge is 0.312 e. The van der Waals surface area contributed by atoms with E-state index in [1.165, 1.54) is 37.9 Å². The topological polar surface area (TPSA) is 42.7 Å². The second-order valence-electron chi connectivity index (χ2n) is 6.51. The van der Waals surface area contributed by atoms with Crippen molar-refractivity contribution in [3.05, 3.63) is 11.6 Å². The first-order valence-electron chi connectivity index (χ1n) is 7.91. The van der Waals surface area contributed by atoms with E-state index in [2.05, 4.69) is 33.9 Å². The average molecular weight is 262 g/mol. The Labute approximate surface area is 116 Å². The molecule has 2 aliphatic rings. The van der Waals surface area contributed by atoms with Crippen LogP contribution in [0, 0.1) is 11.8 Å². The highest BCUT2D eigenvalue weighted by molar-refractivity contribution is 5.06. The van der Waals surface area contributed by atoms with Gasteiger partial charge < -0.3 is 9.88 Å². The normalized spacial score (nSPS) is 24.7. The highest BCUT2D eigenvalue weighted by atomic mass is 15.3. The minimum absolute atomic E-state index is 0.376. The van der Waals surface area contributed by atoms with Crippen LogP contribution in [0.3, 0.4) is 0 Å². The quantitative estimate of drug-likeness (QED) is 0.910. The summed E-state index contributed by atoms with van der Waals surface area (Å²) in [5.74, 6) is 3.81. The predicted octanol–water partition coefficient (Wildman–Crippen LogP) is 2.70. The summed E-state index contributed by atoms with van der Waals surface area (Å²) in [7, 11) is 0. The lowest BCUT2D eigenvalue weighted by Crippen LogP contribution is -2.37. The molecule has 4 nitrogen and oxygen atoms in total. The molecule has 0 saturated heterocycles. The van der Waals surface area contributed by atoms with Crippen molar-refractivity contribution in [1.82, 2.24) is 20.1 Å². The van der Waals surface area contributed by atoms with Crippen LogP contribution < -0.4 is 5.32 Å². The molecule has 1 atom stereocenters. The summed E-state index contributed by atoms with van der Waals surface area (Å²) in [6.07, 6.45) is 8.14. The van der Waals surface area contributed by atoms with Crippen LogP contribution in [0.5, 0.6) is 0 Å². The van der Waals surface area contributed by atoms with E-state index in [-0.39, 0.29) is 0 Å². The average Bonchev–Trinajstić information content (AvgIpc) is 2.83. The molecular weight excluding hydrogens is 236 g/mol. The molecule has 0 aromatic carbocycles. The fourth-order valence-corrected chi connectivity index (χ4v) is 3.58. The van der Waals surface area contributed by atoms with E-state index < -0.39 is 0 Å². The van der Waals surface area contributed by atoms with E-state index >= 15 is 0 Å². The lowest BCUT2D eigenvalue weighted by atomic mass is 9.87. The zero-order valence-corrected chi connectivity index (χ0v) is 12.2. The van der Waals surface area contributed by atoms with E-state index in [1.54, 1.807) is 0 Å². The lowest BCUT2D eigenvalue weighted by Gasteiger charge is -2.28. The molecule has 0 amide bonds. The minimum atomic E-state index is 0.376. The fraction of sp³-hybridized carbons (Fsp3) is 0.867. The van der Waals surface area contributed by atoms with Crippen molar-refractivity contribution >= 4 is 0 Å². The number of rotatable bonds is 3. The van der Waals surface area contributed by atoms with E-state index in [0.29, 0.717) is 12.0 Å². The van der Waals surface area contributed by atoms with Gasteiger partial charge in [-0.05, 0) is 11.8 Å². The number of nitrogens with one attached hydrogen (secondary N) is 1. The van der Waals surface area contributed by atoms with Crippen LogP contribution in [-0.4, -0.2) is 21.3 Å². The number of nitrogens with zero attached hydrogens (tertiary/aromatic N) is 3. The summed E-state index contributed by atoms with van der Waals surface area (Å²) < 4.78 is 2.38. The molecule has 1 aliphatic carbocycles. The summed E-state index contributed by atoms with van der Waals surface area (Å²) in [5.41, 5.74) is 0. The van der Waals surface area contributed by atoms with Crippen LogP contribution in [0.4, 0.5) is 0 Å². The number of hydrogen-bond donors (Lipinski definition) is 1. The Balaban J connectivity index is 1.76. The van der Waals surface area contributed by atoms with Crippen LogP contribution in [0.1, 0.15) is 63.6 Å². The van der Waals surface area contributed by atoms with Crippen LogP contribution in [0.2, 0.25) is 0 Å². The molecule has 106 valence electrons. The van der Waals surface area contributed by atoms with Crippen molar-refractivity contribution in [3.63, 3.8) is 0 Å². The van der Waals surface area contributed by atoms with Crippen molar-refractivity contribution in [2.75, 3.05) is 6.54 Å². The van der Waals surface area contributed by atoms with Gasteiger partial charge in [0.2, 0.25) is 0 Å². The molecule has 1 aliphatic heterocycles. The van der Waals surface area contributed by atoms with Crippen molar-refractivity contribution < 1.29 is 0 Å². The van der Waals surface area contributed by atoms with Crippen LogP contribution in [0.25, 0.3) is 0 Å².